The number of ether oxygens (including phenoxy) is 1. The van der Waals surface area contributed by atoms with Crippen LogP contribution >= 0.6 is 0 Å². The molecule has 1 aliphatic heterocycles. The van der Waals surface area contributed by atoms with Crippen molar-refractivity contribution in [3.63, 3.8) is 0 Å². The average Bonchev–Trinajstić information content (AvgIpc) is 3.29. The second kappa shape index (κ2) is 8.40. The monoisotopic (exact) mass is 462 g/mol. The van der Waals surface area contributed by atoms with Crippen molar-refractivity contribution in [1.82, 2.24) is 0 Å². The van der Waals surface area contributed by atoms with Crippen LogP contribution in [-0.2, 0) is 6.42 Å². The van der Waals surface area contributed by atoms with Gasteiger partial charge >= 0.3 is 5.97 Å². The summed E-state index contributed by atoms with van der Waals surface area (Å²) in [6, 6.07) is 30.0. The highest BCUT2D eigenvalue weighted by atomic mass is 16.6. The molecule has 0 amide bonds. The maximum atomic E-state index is 12.4. The third-order valence-electron chi connectivity index (χ3n) is 7.05. The zero-order chi connectivity index (χ0) is 23.9. The van der Waals surface area contributed by atoms with Gasteiger partial charge in [0.15, 0.2) is 0 Å². The molecule has 35 heavy (non-hydrogen) atoms. The molecule has 0 bridgehead atoms. The second-order valence-electron chi connectivity index (χ2n) is 9.02. The highest BCUT2D eigenvalue weighted by molar-refractivity contribution is 5.90. The first-order valence-corrected chi connectivity index (χ1v) is 11.6. The van der Waals surface area contributed by atoms with E-state index in [1.165, 1.54) is 11.1 Å². The summed E-state index contributed by atoms with van der Waals surface area (Å²) in [4.78, 5) is 23.5. The van der Waals surface area contributed by atoms with Crippen LogP contribution in [0.5, 0.6) is 5.75 Å². The zero-order valence-corrected chi connectivity index (χ0v) is 18.8. The average molecular weight is 463 g/mol. The van der Waals surface area contributed by atoms with E-state index >= 15 is 0 Å². The molecule has 6 heteroatoms. The Morgan fingerprint density at radius 2 is 1.63 bits per heavy atom. The lowest BCUT2D eigenvalue weighted by molar-refractivity contribution is -0.384. The number of nitro benzene ring substituents is 1. The molecule has 0 saturated carbocycles. The van der Waals surface area contributed by atoms with Crippen molar-refractivity contribution in [2.75, 3.05) is 5.32 Å². The number of carbonyl (C=O) groups excluding carboxylic acids is 1. The molecule has 4 aromatic carbocycles. The molecule has 4 aromatic rings. The van der Waals surface area contributed by atoms with Gasteiger partial charge in [0, 0.05) is 23.7 Å². The van der Waals surface area contributed by atoms with E-state index in [0.29, 0.717) is 11.3 Å². The first-order valence-electron chi connectivity index (χ1n) is 11.6. The highest BCUT2D eigenvalue weighted by Gasteiger charge is 2.43. The number of benzene rings is 4. The highest BCUT2D eigenvalue weighted by Crippen LogP contribution is 2.54. The minimum Gasteiger partial charge on any atom is -0.423 e. The van der Waals surface area contributed by atoms with E-state index in [0.717, 1.165) is 23.2 Å². The molecule has 0 spiro atoms. The summed E-state index contributed by atoms with van der Waals surface area (Å²) in [7, 11) is 0. The van der Waals surface area contributed by atoms with Crippen LogP contribution in [0.4, 0.5) is 11.4 Å². The van der Waals surface area contributed by atoms with Crippen molar-refractivity contribution in [1.29, 1.82) is 0 Å². The van der Waals surface area contributed by atoms with E-state index in [1.807, 2.05) is 48.5 Å². The maximum absolute atomic E-state index is 12.4. The van der Waals surface area contributed by atoms with Gasteiger partial charge in [-0.25, -0.2) is 4.79 Å². The number of nitro groups is 1. The lowest BCUT2D eigenvalue weighted by atomic mass is 9.75. The quantitative estimate of drug-likeness (QED) is 0.167. The molecule has 172 valence electrons. The van der Waals surface area contributed by atoms with Gasteiger partial charge in [0.05, 0.1) is 16.5 Å². The number of rotatable bonds is 4. The Labute approximate surface area is 202 Å². The van der Waals surface area contributed by atoms with Gasteiger partial charge in [-0.2, -0.15) is 0 Å². The van der Waals surface area contributed by atoms with Crippen LogP contribution in [0.3, 0.4) is 0 Å². The number of fused-ring (bicyclic) bond motifs is 5. The molecule has 6 rings (SSSR count). The number of non-ortho nitro benzene ring substituents is 1. The van der Waals surface area contributed by atoms with E-state index in [-0.39, 0.29) is 28.5 Å². The van der Waals surface area contributed by atoms with Crippen LogP contribution < -0.4 is 10.1 Å². The Morgan fingerprint density at radius 1 is 0.886 bits per heavy atom. The summed E-state index contributed by atoms with van der Waals surface area (Å²) in [5, 5.41) is 15.1. The van der Waals surface area contributed by atoms with Crippen LogP contribution in [0.2, 0.25) is 0 Å². The summed E-state index contributed by atoms with van der Waals surface area (Å²) in [6.45, 7) is 0. The maximum Gasteiger partial charge on any atom is 0.343 e. The van der Waals surface area contributed by atoms with Gasteiger partial charge < -0.3 is 10.1 Å². The van der Waals surface area contributed by atoms with Crippen molar-refractivity contribution < 1.29 is 14.5 Å². The molecule has 1 aliphatic carbocycles. The molecular formula is C29H22N2O4. The minimum atomic E-state index is -0.393. The smallest absolute Gasteiger partial charge is 0.343 e. The predicted molar refractivity (Wildman–Crippen MR) is 133 cm³/mol. The summed E-state index contributed by atoms with van der Waals surface area (Å²) >= 11 is 0. The molecule has 1 N–H and O–H groups in total. The Morgan fingerprint density at radius 3 is 2.40 bits per heavy atom. The van der Waals surface area contributed by atoms with E-state index < -0.39 is 5.97 Å². The van der Waals surface area contributed by atoms with Crippen molar-refractivity contribution in [3.8, 4) is 5.75 Å². The Balaban J connectivity index is 1.33. The molecule has 0 fully saturated rings. The Bertz CT molecular complexity index is 1430. The largest absolute Gasteiger partial charge is 0.423 e. The standard InChI is InChI=1S/C29H22N2O4/c32-29(19-6-2-1-3-7-19)35-22-13-10-18(11-14-22)28-25-16-20-8-4-5-9-23(20)27(25)24-17-21(31(33)34)12-15-26(24)30-28/h1-15,17,25,27-28,30H,16H2/t25-,27+,28+/m1/s1. The van der Waals surface area contributed by atoms with Crippen molar-refractivity contribution in [3.05, 3.63) is 135 Å². The summed E-state index contributed by atoms with van der Waals surface area (Å²) < 4.78 is 5.55. The first kappa shape index (κ1) is 21.1. The molecule has 0 aromatic heterocycles. The molecule has 0 radical (unpaired) electrons. The van der Waals surface area contributed by atoms with Crippen LogP contribution in [0, 0.1) is 16.0 Å². The van der Waals surface area contributed by atoms with E-state index in [9.17, 15) is 14.9 Å². The molecular weight excluding hydrogens is 440 g/mol. The predicted octanol–water partition coefficient (Wildman–Crippen LogP) is 6.29. The van der Waals surface area contributed by atoms with Gasteiger partial charge in [0.25, 0.3) is 5.69 Å². The molecule has 0 saturated heterocycles. The van der Waals surface area contributed by atoms with Crippen LogP contribution in [0.1, 0.15) is 44.6 Å². The van der Waals surface area contributed by atoms with Gasteiger partial charge in [-0.1, -0.05) is 54.6 Å². The van der Waals surface area contributed by atoms with E-state index in [2.05, 4.69) is 17.4 Å². The van der Waals surface area contributed by atoms with Gasteiger partial charge in [-0.05, 0) is 64.9 Å². The van der Waals surface area contributed by atoms with Crippen LogP contribution in [0.25, 0.3) is 0 Å². The zero-order valence-electron chi connectivity index (χ0n) is 18.8. The molecule has 0 unspecified atom stereocenters. The van der Waals surface area contributed by atoms with Crippen molar-refractivity contribution in [2.45, 2.75) is 18.4 Å². The number of hydrogen-bond acceptors (Lipinski definition) is 5. The van der Waals surface area contributed by atoms with Crippen LogP contribution in [0.15, 0.2) is 97.1 Å². The lowest BCUT2D eigenvalue weighted by Crippen LogP contribution is -2.30. The summed E-state index contributed by atoms with van der Waals surface area (Å²) in [5.41, 5.74) is 6.09. The Kier molecular flexibility index (Phi) is 5.07. The number of hydrogen-bond donors (Lipinski definition) is 1. The summed E-state index contributed by atoms with van der Waals surface area (Å²) in [5.74, 6) is 0.374. The fourth-order valence-corrected chi connectivity index (χ4v) is 5.48. The van der Waals surface area contributed by atoms with Crippen molar-refractivity contribution >= 4 is 17.3 Å². The normalized spacial score (nSPS) is 19.6. The third kappa shape index (κ3) is 3.73. The molecule has 3 atom stereocenters. The van der Waals surface area contributed by atoms with Gasteiger partial charge in [0.1, 0.15) is 5.75 Å². The first-order chi connectivity index (χ1) is 17.1. The van der Waals surface area contributed by atoms with Crippen molar-refractivity contribution in [2.24, 2.45) is 5.92 Å². The minimum absolute atomic E-state index is 0.0141. The van der Waals surface area contributed by atoms with E-state index in [1.54, 1.807) is 36.4 Å². The number of nitrogens with zero attached hydrogens (tertiary/aromatic N) is 1. The Hall–Kier alpha value is -4.45. The molecule has 2 aliphatic rings. The second-order valence-corrected chi connectivity index (χ2v) is 9.02. The van der Waals surface area contributed by atoms with Gasteiger partial charge in [-0.15, -0.1) is 0 Å². The van der Waals surface area contributed by atoms with E-state index in [4.69, 9.17) is 4.74 Å². The number of nitrogens with one attached hydrogen (secondary N) is 1. The fraction of sp³-hybridized carbons (Fsp3) is 0.138. The lowest BCUT2D eigenvalue weighted by Gasteiger charge is -2.38. The van der Waals surface area contributed by atoms with Crippen LogP contribution in [-0.4, -0.2) is 10.9 Å². The fourth-order valence-electron chi connectivity index (χ4n) is 5.48. The van der Waals surface area contributed by atoms with Gasteiger partial charge in [-0.3, -0.25) is 10.1 Å². The van der Waals surface area contributed by atoms with Gasteiger partial charge in [0.2, 0.25) is 0 Å². The number of esters is 1. The molecule has 6 nitrogen and oxygen atoms in total. The third-order valence-corrected chi connectivity index (χ3v) is 7.05. The SMILES string of the molecule is O=C(Oc1ccc([C@@H]2Nc3ccc([N+](=O)[O-])cc3[C@@H]3c4ccccc4C[C@H]32)cc1)c1ccccc1. The topological polar surface area (TPSA) is 81.5 Å². The number of anilines is 1. The molecule has 1 heterocycles. The summed E-state index contributed by atoms with van der Waals surface area (Å²) in [6.07, 6.45) is 0.880. The number of carbonyl (C=O) groups is 1.